The molecule has 1 aromatic heterocycles. The van der Waals surface area contributed by atoms with E-state index in [9.17, 15) is 4.79 Å². The van der Waals surface area contributed by atoms with Crippen LogP contribution in [0.15, 0.2) is 54.6 Å². The number of benzene rings is 2. The van der Waals surface area contributed by atoms with E-state index >= 15 is 0 Å². The smallest absolute Gasteiger partial charge is 0.214 e. The third kappa shape index (κ3) is 2.88. The van der Waals surface area contributed by atoms with Gasteiger partial charge in [0.2, 0.25) is 5.78 Å². The van der Waals surface area contributed by atoms with E-state index < -0.39 is 0 Å². The summed E-state index contributed by atoms with van der Waals surface area (Å²) in [6, 6.07) is 16.8. The van der Waals surface area contributed by atoms with Gasteiger partial charge in [0.25, 0.3) is 0 Å². The molecule has 3 aromatic rings. The van der Waals surface area contributed by atoms with Crippen LogP contribution in [0, 0.1) is 11.3 Å². The van der Waals surface area contributed by atoms with E-state index in [2.05, 4.69) is 11.1 Å². The number of fused-ring (bicyclic) bond motifs is 1. The van der Waals surface area contributed by atoms with Crippen molar-refractivity contribution in [3.05, 3.63) is 70.7 Å². The van der Waals surface area contributed by atoms with E-state index in [1.807, 2.05) is 24.3 Å². The molecule has 1 heterocycles. The second kappa shape index (κ2) is 5.70. The number of carbonyl (C=O) groups is 1. The fourth-order valence-corrected chi connectivity index (χ4v) is 2.78. The lowest BCUT2D eigenvalue weighted by Gasteiger charge is -1.92. The number of ketones is 1. The predicted octanol–water partition coefficient (Wildman–Crippen LogP) is 4.06. The van der Waals surface area contributed by atoms with Crippen LogP contribution in [0.1, 0.15) is 20.9 Å². The van der Waals surface area contributed by atoms with Gasteiger partial charge in [-0.1, -0.05) is 30.3 Å². The number of allylic oxidation sites excluding steroid dienone is 1. The summed E-state index contributed by atoms with van der Waals surface area (Å²) < 4.78 is 1.01. The van der Waals surface area contributed by atoms with Gasteiger partial charge in [-0.15, -0.1) is 11.3 Å². The number of aromatic nitrogens is 1. The monoisotopic (exact) mass is 290 g/mol. The van der Waals surface area contributed by atoms with E-state index in [1.54, 1.807) is 30.3 Å². The van der Waals surface area contributed by atoms with Crippen molar-refractivity contribution in [1.29, 1.82) is 5.26 Å². The van der Waals surface area contributed by atoms with E-state index in [0.29, 0.717) is 10.6 Å². The summed E-state index contributed by atoms with van der Waals surface area (Å²) in [6.07, 6.45) is 3.24. The first-order chi connectivity index (χ1) is 10.3. The molecule has 3 nitrogen and oxygen atoms in total. The molecule has 0 aliphatic carbocycles. The van der Waals surface area contributed by atoms with Crippen molar-refractivity contribution >= 4 is 33.4 Å². The molecule has 0 spiro atoms. The highest BCUT2D eigenvalue weighted by Crippen LogP contribution is 2.22. The molecule has 100 valence electrons. The Kier molecular flexibility index (Phi) is 3.59. The zero-order valence-corrected chi connectivity index (χ0v) is 11.8. The Balaban J connectivity index is 1.81. The van der Waals surface area contributed by atoms with Gasteiger partial charge in [-0.3, -0.25) is 4.79 Å². The molecule has 4 heteroatoms. The minimum atomic E-state index is -0.111. The Bertz CT molecular complexity index is 837. The summed E-state index contributed by atoms with van der Waals surface area (Å²) in [4.78, 5) is 16.4. The van der Waals surface area contributed by atoms with Crippen molar-refractivity contribution in [2.45, 2.75) is 0 Å². The molecule has 0 bridgehead atoms. The highest BCUT2D eigenvalue weighted by molar-refractivity contribution is 7.20. The average molecular weight is 290 g/mol. The molecule has 0 aliphatic heterocycles. The summed E-state index contributed by atoms with van der Waals surface area (Å²) in [7, 11) is 0. The Hall–Kier alpha value is -2.77. The third-order valence-electron chi connectivity index (χ3n) is 2.97. The summed E-state index contributed by atoms with van der Waals surface area (Å²) in [5.74, 6) is -0.111. The zero-order chi connectivity index (χ0) is 14.7. The average Bonchev–Trinajstić information content (AvgIpc) is 2.97. The van der Waals surface area contributed by atoms with Crippen molar-refractivity contribution in [1.82, 2.24) is 4.98 Å². The molecular formula is C17H10N2OS. The minimum absolute atomic E-state index is 0.111. The maximum Gasteiger partial charge on any atom is 0.214 e. The number of hydrogen-bond donors (Lipinski definition) is 0. The van der Waals surface area contributed by atoms with Crippen molar-refractivity contribution in [3.8, 4) is 6.07 Å². The maximum absolute atomic E-state index is 12.1. The molecule has 0 saturated heterocycles. The first-order valence-electron chi connectivity index (χ1n) is 6.34. The minimum Gasteiger partial charge on any atom is -0.287 e. The van der Waals surface area contributed by atoms with Crippen molar-refractivity contribution in [3.63, 3.8) is 0 Å². The largest absolute Gasteiger partial charge is 0.287 e. The number of hydrogen-bond acceptors (Lipinski definition) is 4. The van der Waals surface area contributed by atoms with Gasteiger partial charge >= 0.3 is 0 Å². The number of carbonyl (C=O) groups excluding carboxylic acids is 1. The molecule has 2 aromatic carbocycles. The third-order valence-corrected chi connectivity index (χ3v) is 4.02. The van der Waals surface area contributed by atoms with Crippen LogP contribution in [-0.4, -0.2) is 10.8 Å². The van der Waals surface area contributed by atoms with Crippen LogP contribution in [0.3, 0.4) is 0 Å². The first-order valence-corrected chi connectivity index (χ1v) is 7.16. The molecule has 0 radical (unpaired) electrons. The zero-order valence-electron chi connectivity index (χ0n) is 11.0. The Morgan fingerprint density at radius 3 is 2.62 bits per heavy atom. The van der Waals surface area contributed by atoms with Crippen LogP contribution in [0.4, 0.5) is 0 Å². The van der Waals surface area contributed by atoms with Crippen LogP contribution < -0.4 is 0 Å². The van der Waals surface area contributed by atoms with Crippen molar-refractivity contribution in [2.75, 3.05) is 0 Å². The van der Waals surface area contributed by atoms with Crippen molar-refractivity contribution in [2.24, 2.45) is 0 Å². The van der Waals surface area contributed by atoms with Gasteiger partial charge in [-0.2, -0.15) is 5.26 Å². The molecule has 0 amide bonds. The number of nitriles is 1. The molecule has 3 rings (SSSR count). The van der Waals surface area contributed by atoms with Crippen LogP contribution in [0.5, 0.6) is 0 Å². The summed E-state index contributed by atoms with van der Waals surface area (Å²) >= 11 is 1.39. The van der Waals surface area contributed by atoms with Gasteiger partial charge in [0.15, 0.2) is 5.01 Å². The fourth-order valence-electron chi connectivity index (χ4n) is 1.89. The van der Waals surface area contributed by atoms with Gasteiger partial charge in [0, 0.05) is 0 Å². The summed E-state index contributed by atoms with van der Waals surface area (Å²) in [5, 5.41) is 9.22. The number of rotatable bonds is 3. The lowest BCUT2D eigenvalue weighted by molar-refractivity contribution is 0.104. The Morgan fingerprint density at radius 1 is 1.14 bits per heavy atom. The molecular weight excluding hydrogens is 280 g/mol. The number of thiazole rings is 1. The highest BCUT2D eigenvalue weighted by atomic mass is 32.1. The SMILES string of the molecule is N#Cc1ccc(/C=C/C(=O)c2nc3ccccc3s2)cc1. The van der Waals surface area contributed by atoms with Crippen LogP contribution in [0.25, 0.3) is 16.3 Å². The lowest BCUT2D eigenvalue weighted by atomic mass is 10.1. The fraction of sp³-hybridized carbons (Fsp3) is 0. The second-order valence-electron chi connectivity index (χ2n) is 4.42. The molecule has 0 saturated carbocycles. The van der Waals surface area contributed by atoms with Gasteiger partial charge in [0.05, 0.1) is 21.8 Å². The van der Waals surface area contributed by atoms with Gasteiger partial charge in [-0.05, 0) is 35.9 Å². The van der Waals surface area contributed by atoms with Gasteiger partial charge in [0.1, 0.15) is 0 Å². The normalized spacial score (nSPS) is 10.8. The first kappa shape index (κ1) is 13.2. The van der Waals surface area contributed by atoms with Crippen molar-refractivity contribution < 1.29 is 4.79 Å². The Labute approximate surface area is 125 Å². The molecule has 0 atom stereocenters. The van der Waals surface area contributed by atoms with Gasteiger partial charge in [-0.25, -0.2) is 4.98 Å². The van der Waals surface area contributed by atoms with E-state index in [4.69, 9.17) is 5.26 Å². The summed E-state index contributed by atoms with van der Waals surface area (Å²) in [6.45, 7) is 0. The van der Waals surface area contributed by atoms with Crippen LogP contribution in [-0.2, 0) is 0 Å². The lowest BCUT2D eigenvalue weighted by Crippen LogP contribution is -1.92. The van der Waals surface area contributed by atoms with Crippen LogP contribution in [0.2, 0.25) is 0 Å². The topological polar surface area (TPSA) is 53.8 Å². The quantitative estimate of drug-likeness (QED) is 0.540. The van der Waals surface area contributed by atoms with E-state index in [1.165, 1.54) is 17.4 Å². The molecule has 0 fully saturated rings. The maximum atomic E-state index is 12.1. The number of para-hydroxylation sites is 1. The molecule has 0 aliphatic rings. The molecule has 0 N–H and O–H groups in total. The predicted molar refractivity (Wildman–Crippen MR) is 84.1 cm³/mol. The standard InChI is InChI=1S/C17H10N2OS/c18-11-13-7-5-12(6-8-13)9-10-15(20)17-19-14-3-1-2-4-16(14)21-17/h1-10H/b10-9+. The molecule has 21 heavy (non-hydrogen) atoms. The second-order valence-corrected chi connectivity index (χ2v) is 5.45. The van der Waals surface area contributed by atoms with Gasteiger partial charge < -0.3 is 0 Å². The Morgan fingerprint density at radius 2 is 1.90 bits per heavy atom. The number of nitrogens with zero attached hydrogens (tertiary/aromatic N) is 2. The van der Waals surface area contributed by atoms with Crippen LogP contribution >= 0.6 is 11.3 Å². The summed E-state index contributed by atoms with van der Waals surface area (Å²) in [5.41, 5.74) is 2.32. The van der Waals surface area contributed by atoms with E-state index in [-0.39, 0.29) is 5.78 Å². The molecule has 0 unspecified atom stereocenters. The van der Waals surface area contributed by atoms with E-state index in [0.717, 1.165) is 15.8 Å². The highest BCUT2D eigenvalue weighted by Gasteiger charge is 2.08.